The van der Waals surface area contributed by atoms with Crippen LogP contribution in [0.4, 0.5) is 17.8 Å². The molecule has 21 nitrogen and oxygen atoms in total. The van der Waals surface area contributed by atoms with Gasteiger partial charge in [0.2, 0.25) is 17.8 Å². The van der Waals surface area contributed by atoms with Crippen LogP contribution in [0.2, 0.25) is 35.3 Å². The lowest BCUT2D eigenvalue weighted by Gasteiger charge is -2.12. The standard InChI is InChI=1S/C19H12Cl2N4O5S.C16H11Cl2N3O2S.C8H7BCl2O3.C8H6ClN3OS/c20-9-6-10(21)16-7(3-4-29-16)14(9)15-8-5-11(31-17(8)24-19(22)23-15)18(28)30-25-12(26)1-2-13(25)27;1-6(22)11-4-8-13(20-16(19)21-15(8)24-11)12-7-2-3-23-14(7)10(18)5-9(12)17;10-5-3-6(11)8-4(1-2-14-8)7(5)9(12)13;1-3(13)5-2-4-6(9)11-8(10)12-7(4)14-5/h5-6H,1-4H2,(H2,22,23,24);4-5H,2-3H2,1H3,(H2,19,20,21);3,12-13H,1-2H2;2H,1H3,(H2,10,11,12). The lowest BCUT2D eigenvalue weighted by molar-refractivity contribution is -0.172. The van der Waals surface area contributed by atoms with Crippen LogP contribution >= 0.6 is 115 Å². The second kappa shape index (κ2) is 24.3. The summed E-state index contributed by atoms with van der Waals surface area (Å²) in [5.74, 6) is -0.0939. The third-order valence-corrected chi connectivity index (χ3v) is 18.0. The molecule has 4 aliphatic heterocycles. The molecule has 10 heterocycles. The Balaban J connectivity index is 0.000000131. The number of hydrogen-bond acceptors (Lipinski definition) is 23. The molecule has 0 bridgehead atoms. The molecular weight excluding hydrogens is 1280 g/mol. The second-order valence-corrected chi connectivity index (χ2v) is 24.0. The third kappa shape index (κ3) is 12.0. The van der Waals surface area contributed by atoms with Gasteiger partial charge in [-0.3, -0.25) is 19.2 Å². The molecule has 0 spiro atoms. The minimum Gasteiger partial charge on any atom is -0.491 e. The summed E-state index contributed by atoms with van der Waals surface area (Å²) in [5, 5.41) is 23.4. The van der Waals surface area contributed by atoms with E-state index in [9.17, 15) is 24.0 Å². The largest absolute Gasteiger partial charge is 0.491 e. The van der Waals surface area contributed by atoms with Crippen molar-refractivity contribution in [2.75, 3.05) is 37.0 Å². The lowest BCUT2D eigenvalue weighted by atomic mass is 9.76. The van der Waals surface area contributed by atoms with Gasteiger partial charge in [0.1, 0.15) is 41.8 Å². The van der Waals surface area contributed by atoms with Crippen molar-refractivity contribution in [1.29, 1.82) is 0 Å². The highest BCUT2D eigenvalue weighted by molar-refractivity contribution is 7.21. The van der Waals surface area contributed by atoms with Crippen molar-refractivity contribution in [2.24, 2.45) is 0 Å². The number of Topliss-reactive ketones (excluding diaryl/α,β-unsaturated/α-hetero) is 2. The fraction of sp³-hybridized carbons (Fsp3) is 0.196. The number of carbonyl (C=O) groups excluding carboxylic acids is 5. The maximum Gasteiger partial charge on any atom is 0.490 e. The van der Waals surface area contributed by atoms with Crippen molar-refractivity contribution in [2.45, 2.75) is 46.0 Å². The summed E-state index contributed by atoms with van der Waals surface area (Å²) in [5.41, 5.74) is 22.3. The molecule has 1 fully saturated rings. The minimum absolute atomic E-state index is 0.00662. The molecule has 0 aliphatic carbocycles. The first-order chi connectivity index (χ1) is 39.5. The average molecular weight is 1320 g/mol. The van der Waals surface area contributed by atoms with Crippen LogP contribution in [0.15, 0.2) is 36.4 Å². The predicted octanol–water partition coefficient (Wildman–Crippen LogP) is 10.5. The zero-order valence-corrected chi connectivity index (χ0v) is 50.2. The highest BCUT2D eigenvalue weighted by Gasteiger charge is 2.35. The van der Waals surface area contributed by atoms with E-state index < -0.39 is 24.9 Å². The number of thiophene rings is 3. The highest BCUT2D eigenvalue weighted by atomic mass is 35.5. The van der Waals surface area contributed by atoms with E-state index in [1.54, 1.807) is 24.3 Å². The van der Waals surface area contributed by atoms with Crippen molar-refractivity contribution >= 4 is 206 Å². The number of aromatic nitrogens is 6. The van der Waals surface area contributed by atoms with Crippen molar-refractivity contribution < 1.29 is 53.1 Å². The molecular formula is C51H36BCl7N10O11S3. The Bertz CT molecular complexity index is 4230. The number of halogens is 7. The molecule has 0 atom stereocenters. The predicted molar refractivity (Wildman–Crippen MR) is 322 cm³/mol. The van der Waals surface area contributed by atoms with Gasteiger partial charge in [0, 0.05) is 86.6 Å². The van der Waals surface area contributed by atoms with Gasteiger partial charge < -0.3 is 46.3 Å². The van der Waals surface area contributed by atoms with E-state index in [0.29, 0.717) is 150 Å². The molecule has 1 saturated heterocycles. The third-order valence-electron chi connectivity index (χ3n) is 12.7. The number of nitrogens with zero attached hydrogens (tertiary/aromatic N) is 7. The summed E-state index contributed by atoms with van der Waals surface area (Å²) in [7, 11) is -1.59. The Morgan fingerprint density at radius 3 is 1.37 bits per heavy atom. The fourth-order valence-electron chi connectivity index (χ4n) is 9.11. The number of benzene rings is 3. The summed E-state index contributed by atoms with van der Waals surface area (Å²) in [4.78, 5) is 91.9. The molecule has 13 rings (SSSR count). The van der Waals surface area contributed by atoms with Gasteiger partial charge in [-0.25, -0.2) is 34.7 Å². The second-order valence-electron chi connectivity index (χ2n) is 18.1. The number of anilines is 3. The van der Waals surface area contributed by atoms with Gasteiger partial charge in [-0.2, -0.15) is 0 Å². The number of amides is 2. The first-order valence-electron chi connectivity index (χ1n) is 24.2. The molecule has 0 unspecified atom stereocenters. The molecule has 3 aromatic carbocycles. The first-order valence-corrected chi connectivity index (χ1v) is 29.3. The monoisotopic (exact) mass is 1320 g/mol. The van der Waals surface area contributed by atoms with Gasteiger partial charge in [0.05, 0.1) is 66.1 Å². The number of nitrogens with two attached hydrogens (primary N) is 3. The average Bonchev–Trinajstić information content (AvgIpc) is 3.10. The van der Waals surface area contributed by atoms with E-state index in [2.05, 4.69) is 29.9 Å². The van der Waals surface area contributed by atoms with Crippen LogP contribution in [0.3, 0.4) is 0 Å². The van der Waals surface area contributed by atoms with Gasteiger partial charge in [0.25, 0.3) is 11.8 Å². The number of hydroxylamine groups is 2. The smallest absolute Gasteiger partial charge is 0.490 e. The van der Waals surface area contributed by atoms with Gasteiger partial charge in [-0.15, -0.1) is 39.1 Å². The number of ketones is 2. The molecule has 9 aromatic rings. The normalized spacial score (nSPS) is 13.7. The maximum atomic E-state index is 12.6. The number of nitrogen functional groups attached to an aromatic ring is 3. The Morgan fingerprint density at radius 2 is 0.916 bits per heavy atom. The number of ether oxygens (including phenoxy) is 3. The van der Waals surface area contributed by atoms with Crippen LogP contribution in [0.1, 0.15) is 72.4 Å². The number of fused-ring (bicyclic) bond motifs is 6. The SMILES string of the molecule is CC(=O)c1cc2c(-c3c(Cl)cc(Cl)c4c3CCO4)nc(N)nc2s1.CC(=O)c1cc2c(Cl)nc(N)nc2s1.Nc1nc(-c2c(Cl)cc(Cl)c3c2CCO3)c2cc(C(=O)ON3C(=O)CCC3=O)sc2n1.OB(O)c1c(Cl)cc(Cl)c2c1CCO2. The molecule has 83 heavy (non-hydrogen) atoms. The van der Waals surface area contributed by atoms with E-state index in [-0.39, 0.29) is 57.3 Å². The van der Waals surface area contributed by atoms with Crippen LogP contribution in [-0.2, 0) is 33.7 Å². The first kappa shape index (κ1) is 59.7. The summed E-state index contributed by atoms with van der Waals surface area (Å²) in [6, 6.07) is 9.66. The van der Waals surface area contributed by atoms with E-state index in [0.717, 1.165) is 33.4 Å². The van der Waals surface area contributed by atoms with Crippen molar-refractivity contribution in [3.05, 3.63) is 103 Å². The molecule has 6 aromatic heterocycles. The van der Waals surface area contributed by atoms with E-state index in [1.807, 2.05) is 0 Å². The van der Waals surface area contributed by atoms with Gasteiger partial charge in [-0.05, 0) is 50.2 Å². The molecule has 426 valence electrons. The molecule has 8 N–H and O–H groups in total. The van der Waals surface area contributed by atoms with Crippen molar-refractivity contribution in [3.63, 3.8) is 0 Å². The topological polar surface area (TPSA) is 321 Å². The summed E-state index contributed by atoms with van der Waals surface area (Å²) < 4.78 is 16.5. The zero-order chi connectivity index (χ0) is 59.5. The molecule has 2 amide bonds. The Morgan fingerprint density at radius 1 is 0.530 bits per heavy atom. The quantitative estimate of drug-likeness (QED) is 0.0428. The van der Waals surface area contributed by atoms with Crippen LogP contribution in [0.25, 0.3) is 53.2 Å². The fourth-order valence-corrected chi connectivity index (χ4v) is 14.1. The van der Waals surface area contributed by atoms with Crippen molar-refractivity contribution in [3.8, 4) is 39.8 Å². The van der Waals surface area contributed by atoms with Gasteiger partial charge >= 0.3 is 13.1 Å². The molecule has 0 radical (unpaired) electrons. The summed E-state index contributed by atoms with van der Waals surface area (Å²) in [6.45, 7) is 4.49. The number of hydrogen-bond donors (Lipinski definition) is 5. The summed E-state index contributed by atoms with van der Waals surface area (Å²) in [6.07, 6.45) is 1.87. The zero-order valence-electron chi connectivity index (χ0n) is 42.5. The molecule has 0 saturated carbocycles. The van der Waals surface area contributed by atoms with Crippen LogP contribution in [0.5, 0.6) is 17.2 Å². The number of carbonyl (C=O) groups is 5. The Hall–Kier alpha value is -6.46. The molecule has 4 aliphatic rings. The van der Waals surface area contributed by atoms with Crippen LogP contribution < -0.4 is 36.9 Å². The lowest BCUT2D eigenvalue weighted by Crippen LogP contribution is -2.33. The van der Waals surface area contributed by atoms with E-state index in [4.69, 9.17) is 128 Å². The minimum atomic E-state index is -1.59. The van der Waals surface area contributed by atoms with Gasteiger partial charge in [0.15, 0.2) is 11.6 Å². The highest BCUT2D eigenvalue weighted by Crippen LogP contribution is 2.48. The Kier molecular flexibility index (Phi) is 17.4. The molecule has 32 heteroatoms. The van der Waals surface area contributed by atoms with E-state index >= 15 is 0 Å². The van der Waals surface area contributed by atoms with Gasteiger partial charge in [-0.1, -0.05) is 81.2 Å². The number of imide groups is 1. The maximum absolute atomic E-state index is 12.6. The van der Waals surface area contributed by atoms with Crippen molar-refractivity contribution in [1.82, 2.24) is 35.0 Å². The van der Waals surface area contributed by atoms with Crippen LogP contribution in [-0.4, -0.2) is 101 Å². The Labute approximate surface area is 515 Å². The summed E-state index contributed by atoms with van der Waals surface area (Å²) >= 11 is 46.6. The van der Waals surface area contributed by atoms with Crippen LogP contribution in [0, 0.1) is 0 Å². The van der Waals surface area contributed by atoms with E-state index in [1.165, 1.54) is 48.7 Å². The number of rotatable bonds is 7.